The molecule has 0 unspecified atom stereocenters. The lowest BCUT2D eigenvalue weighted by Gasteiger charge is -2.39. The summed E-state index contributed by atoms with van der Waals surface area (Å²) in [4.78, 5) is 21.4. The molecule has 2 aliphatic heterocycles. The van der Waals surface area contributed by atoms with Crippen LogP contribution in [0.4, 0.5) is 0 Å². The van der Waals surface area contributed by atoms with Gasteiger partial charge in [-0.1, -0.05) is 0 Å². The zero-order valence-electron chi connectivity index (χ0n) is 13.8. The zero-order valence-corrected chi connectivity index (χ0v) is 13.8. The van der Waals surface area contributed by atoms with E-state index in [1.54, 1.807) is 12.4 Å². The number of piperidine rings is 1. The molecule has 1 atom stereocenters. The minimum absolute atomic E-state index is 0.114. The molecule has 1 amide bonds. The van der Waals surface area contributed by atoms with E-state index in [2.05, 4.69) is 22.2 Å². The number of rotatable bonds is 4. The first kappa shape index (κ1) is 16.4. The molecule has 0 spiro atoms. The summed E-state index contributed by atoms with van der Waals surface area (Å²) in [6, 6.07) is 4.25. The average molecular weight is 318 g/mol. The minimum Gasteiger partial charge on any atom is -0.366 e. The number of ether oxygens (including phenoxy) is 1. The van der Waals surface area contributed by atoms with E-state index in [-0.39, 0.29) is 18.1 Å². The number of pyridine rings is 1. The molecule has 6 heteroatoms. The Kier molecular flexibility index (Phi) is 5.59. The van der Waals surface area contributed by atoms with Gasteiger partial charge in [-0.05, 0) is 50.7 Å². The van der Waals surface area contributed by atoms with Crippen LogP contribution in [0.25, 0.3) is 0 Å². The van der Waals surface area contributed by atoms with Crippen molar-refractivity contribution in [2.24, 2.45) is 0 Å². The summed E-state index contributed by atoms with van der Waals surface area (Å²) in [5.41, 5.74) is 1.12. The van der Waals surface area contributed by atoms with E-state index >= 15 is 0 Å². The zero-order chi connectivity index (χ0) is 16.1. The van der Waals surface area contributed by atoms with Crippen LogP contribution in [-0.4, -0.2) is 72.7 Å². The van der Waals surface area contributed by atoms with E-state index in [4.69, 9.17) is 4.74 Å². The second-order valence-electron chi connectivity index (χ2n) is 6.42. The van der Waals surface area contributed by atoms with Gasteiger partial charge in [-0.2, -0.15) is 0 Å². The number of nitrogens with one attached hydrogen (secondary N) is 1. The maximum atomic E-state index is 13.0. The lowest BCUT2D eigenvalue weighted by atomic mass is 10.0. The van der Waals surface area contributed by atoms with E-state index < -0.39 is 0 Å². The van der Waals surface area contributed by atoms with Crippen LogP contribution in [0.2, 0.25) is 0 Å². The van der Waals surface area contributed by atoms with Crippen molar-refractivity contribution in [1.82, 2.24) is 20.1 Å². The first-order valence-electron chi connectivity index (χ1n) is 8.44. The number of aromatic nitrogens is 1. The molecule has 2 fully saturated rings. The summed E-state index contributed by atoms with van der Waals surface area (Å²) in [7, 11) is 2.14. The van der Waals surface area contributed by atoms with Crippen molar-refractivity contribution in [3.8, 4) is 0 Å². The van der Waals surface area contributed by atoms with Crippen molar-refractivity contribution in [2.45, 2.75) is 31.5 Å². The highest BCUT2D eigenvalue weighted by molar-refractivity contribution is 5.81. The van der Waals surface area contributed by atoms with Crippen LogP contribution in [0.15, 0.2) is 24.5 Å². The molecule has 2 aliphatic rings. The summed E-state index contributed by atoms with van der Waals surface area (Å²) in [6.07, 6.45) is 5.25. The SMILES string of the molecule is CN1CCC(N(Cc2ccncc2)C(=O)[C@H]2CNCCO2)CC1. The van der Waals surface area contributed by atoms with Gasteiger partial charge in [0.1, 0.15) is 6.10 Å². The maximum absolute atomic E-state index is 13.0. The Hall–Kier alpha value is -1.50. The van der Waals surface area contributed by atoms with Gasteiger partial charge in [-0.3, -0.25) is 9.78 Å². The van der Waals surface area contributed by atoms with Crippen LogP contribution in [0.3, 0.4) is 0 Å². The highest BCUT2D eigenvalue weighted by Crippen LogP contribution is 2.20. The maximum Gasteiger partial charge on any atom is 0.253 e. The number of amides is 1. The normalized spacial score (nSPS) is 23.6. The Morgan fingerprint density at radius 3 is 2.78 bits per heavy atom. The summed E-state index contributed by atoms with van der Waals surface area (Å²) in [5.74, 6) is 0.114. The number of likely N-dealkylation sites (tertiary alicyclic amines) is 1. The Labute approximate surface area is 137 Å². The molecule has 1 aromatic heterocycles. The van der Waals surface area contributed by atoms with E-state index in [1.807, 2.05) is 17.0 Å². The van der Waals surface area contributed by atoms with Crippen LogP contribution in [0.5, 0.6) is 0 Å². The first-order valence-corrected chi connectivity index (χ1v) is 8.44. The molecule has 0 bridgehead atoms. The summed E-state index contributed by atoms with van der Waals surface area (Å²) < 4.78 is 5.69. The third-order valence-corrected chi connectivity index (χ3v) is 4.72. The number of nitrogens with zero attached hydrogens (tertiary/aromatic N) is 3. The van der Waals surface area contributed by atoms with Gasteiger partial charge in [0.05, 0.1) is 6.61 Å². The lowest BCUT2D eigenvalue weighted by Crippen LogP contribution is -2.53. The van der Waals surface area contributed by atoms with Crippen LogP contribution in [0.1, 0.15) is 18.4 Å². The van der Waals surface area contributed by atoms with E-state index in [9.17, 15) is 4.79 Å². The lowest BCUT2D eigenvalue weighted by molar-refractivity contribution is -0.149. The topological polar surface area (TPSA) is 57.7 Å². The average Bonchev–Trinajstić information content (AvgIpc) is 2.62. The number of hydrogen-bond acceptors (Lipinski definition) is 5. The molecule has 0 saturated carbocycles. The van der Waals surface area contributed by atoms with Gasteiger partial charge >= 0.3 is 0 Å². The summed E-state index contributed by atoms with van der Waals surface area (Å²) >= 11 is 0. The third-order valence-electron chi connectivity index (χ3n) is 4.72. The van der Waals surface area contributed by atoms with E-state index in [1.165, 1.54) is 0 Å². The van der Waals surface area contributed by atoms with Gasteiger partial charge in [0.2, 0.25) is 0 Å². The molecule has 1 N–H and O–H groups in total. The van der Waals surface area contributed by atoms with Crippen molar-refractivity contribution in [2.75, 3.05) is 39.8 Å². The van der Waals surface area contributed by atoms with Gasteiger partial charge in [-0.25, -0.2) is 0 Å². The standard InChI is InChI=1S/C17H26N4O2/c1-20-9-4-15(5-10-20)21(13-14-2-6-18-7-3-14)17(22)16-12-19-8-11-23-16/h2-3,6-7,15-16,19H,4-5,8-13H2,1H3/t16-/m1/s1. The molecule has 1 aromatic rings. The monoisotopic (exact) mass is 318 g/mol. The molecule has 23 heavy (non-hydrogen) atoms. The van der Waals surface area contributed by atoms with E-state index in [0.717, 1.165) is 38.0 Å². The Balaban J connectivity index is 1.73. The molecule has 0 aliphatic carbocycles. The Morgan fingerprint density at radius 2 is 2.13 bits per heavy atom. The van der Waals surface area contributed by atoms with Gasteiger partial charge in [-0.15, -0.1) is 0 Å². The molecule has 0 radical (unpaired) electrons. The molecule has 3 heterocycles. The predicted molar refractivity (Wildman–Crippen MR) is 87.9 cm³/mol. The first-order chi connectivity index (χ1) is 11.2. The van der Waals surface area contributed by atoms with Crippen LogP contribution >= 0.6 is 0 Å². The number of morpholine rings is 1. The Bertz CT molecular complexity index is 497. The van der Waals surface area contributed by atoms with Gasteiger partial charge in [0.15, 0.2) is 0 Å². The van der Waals surface area contributed by atoms with Gasteiger partial charge in [0, 0.05) is 38.1 Å². The van der Waals surface area contributed by atoms with Crippen LogP contribution < -0.4 is 5.32 Å². The van der Waals surface area contributed by atoms with Gasteiger partial charge < -0.3 is 19.9 Å². The highest BCUT2D eigenvalue weighted by Gasteiger charge is 2.32. The van der Waals surface area contributed by atoms with Crippen molar-refractivity contribution in [3.05, 3.63) is 30.1 Å². The summed E-state index contributed by atoms with van der Waals surface area (Å²) in [5, 5.41) is 3.25. The minimum atomic E-state index is -0.356. The van der Waals surface area contributed by atoms with Crippen LogP contribution in [0, 0.1) is 0 Å². The predicted octanol–water partition coefficient (Wildman–Crippen LogP) is 0.493. The molecule has 2 saturated heterocycles. The fraction of sp³-hybridized carbons (Fsp3) is 0.647. The van der Waals surface area contributed by atoms with E-state index in [0.29, 0.717) is 19.7 Å². The van der Waals surface area contributed by atoms with Gasteiger partial charge in [0.25, 0.3) is 5.91 Å². The molecular weight excluding hydrogens is 292 g/mol. The van der Waals surface area contributed by atoms with Crippen molar-refractivity contribution in [3.63, 3.8) is 0 Å². The molecule has 0 aromatic carbocycles. The molecule has 126 valence electrons. The quantitative estimate of drug-likeness (QED) is 0.876. The number of hydrogen-bond donors (Lipinski definition) is 1. The second kappa shape index (κ2) is 7.86. The van der Waals surface area contributed by atoms with Crippen molar-refractivity contribution < 1.29 is 9.53 Å². The molecule has 6 nitrogen and oxygen atoms in total. The van der Waals surface area contributed by atoms with Crippen molar-refractivity contribution in [1.29, 1.82) is 0 Å². The smallest absolute Gasteiger partial charge is 0.253 e. The fourth-order valence-electron chi connectivity index (χ4n) is 3.29. The number of carbonyl (C=O) groups excluding carboxylic acids is 1. The molecular formula is C17H26N4O2. The highest BCUT2D eigenvalue weighted by atomic mass is 16.5. The summed E-state index contributed by atoms with van der Waals surface area (Å²) in [6.45, 7) is 4.74. The fourth-order valence-corrected chi connectivity index (χ4v) is 3.29. The second-order valence-corrected chi connectivity index (χ2v) is 6.42. The van der Waals surface area contributed by atoms with Crippen molar-refractivity contribution >= 4 is 5.91 Å². The van der Waals surface area contributed by atoms with Crippen LogP contribution in [-0.2, 0) is 16.1 Å². The largest absolute Gasteiger partial charge is 0.366 e. The third kappa shape index (κ3) is 4.28. The Morgan fingerprint density at radius 1 is 1.39 bits per heavy atom. The molecule has 3 rings (SSSR count). The number of carbonyl (C=O) groups is 1.